The topological polar surface area (TPSA) is 32.3 Å². The maximum atomic E-state index is 12.8. The van der Waals surface area contributed by atoms with Crippen LogP contribution in [-0.4, -0.2) is 19.0 Å². The normalized spacial score (nSPS) is 19.0. The molecular formula is C18H28N2O. The molecule has 1 unspecified atom stereocenters. The van der Waals surface area contributed by atoms with Gasteiger partial charge in [-0.15, -0.1) is 0 Å². The van der Waals surface area contributed by atoms with Gasteiger partial charge in [0, 0.05) is 23.7 Å². The first-order valence-corrected chi connectivity index (χ1v) is 8.09. The molecule has 3 nitrogen and oxygen atoms in total. The second-order valence-corrected chi connectivity index (χ2v) is 6.91. The van der Waals surface area contributed by atoms with Crippen molar-refractivity contribution in [3.05, 3.63) is 29.8 Å². The monoisotopic (exact) mass is 288 g/mol. The number of fused-ring (bicyclic) bond motifs is 1. The summed E-state index contributed by atoms with van der Waals surface area (Å²) < 4.78 is 0. The highest BCUT2D eigenvalue weighted by atomic mass is 16.2. The van der Waals surface area contributed by atoms with Gasteiger partial charge in [0.1, 0.15) is 0 Å². The van der Waals surface area contributed by atoms with E-state index >= 15 is 0 Å². The fraction of sp³-hybridized carbons (Fsp3) is 0.611. The summed E-state index contributed by atoms with van der Waals surface area (Å²) in [7, 11) is 0. The van der Waals surface area contributed by atoms with Crippen LogP contribution >= 0.6 is 0 Å². The lowest BCUT2D eigenvalue weighted by Crippen LogP contribution is -2.40. The number of hydrogen-bond donors (Lipinski definition) is 1. The Bertz CT molecular complexity index is 490. The van der Waals surface area contributed by atoms with E-state index < -0.39 is 0 Å². The Hall–Kier alpha value is -1.35. The average molecular weight is 288 g/mol. The zero-order chi connectivity index (χ0) is 15.5. The van der Waals surface area contributed by atoms with Crippen LogP contribution in [0.25, 0.3) is 0 Å². The molecule has 116 valence electrons. The molecule has 1 N–H and O–H groups in total. The molecule has 0 radical (unpaired) electrons. The molecule has 1 aliphatic heterocycles. The fourth-order valence-electron chi connectivity index (χ4n) is 2.90. The maximum Gasteiger partial charge on any atom is 0.232 e. The Morgan fingerprint density at radius 2 is 2.05 bits per heavy atom. The quantitative estimate of drug-likeness (QED) is 0.915. The van der Waals surface area contributed by atoms with E-state index in [2.05, 4.69) is 30.4 Å². The molecule has 0 aromatic heterocycles. The molecule has 0 saturated heterocycles. The molecule has 0 fully saturated rings. The third kappa shape index (κ3) is 3.65. The molecule has 1 heterocycles. The molecule has 0 aliphatic carbocycles. The predicted octanol–water partition coefficient (Wildman–Crippen LogP) is 3.90. The predicted molar refractivity (Wildman–Crippen MR) is 88.5 cm³/mol. The van der Waals surface area contributed by atoms with Gasteiger partial charge in [-0.05, 0) is 37.4 Å². The standard InChI is InChI=1S/C18H28N2O/c1-5-12-19-15-10-8-13-20(17(21)18(2,3)4)16-11-7-6-9-14(15)16/h6-7,9,11,15,19H,5,8,10,12-13H2,1-4H3. The molecule has 1 aromatic rings. The summed E-state index contributed by atoms with van der Waals surface area (Å²) in [5, 5.41) is 3.63. The second kappa shape index (κ2) is 6.61. The summed E-state index contributed by atoms with van der Waals surface area (Å²) in [4.78, 5) is 14.8. The van der Waals surface area contributed by atoms with E-state index in [9.17, 15) is 4.79 Å². The summed E-state index contributed by atoms with van der Waals surface area (Å²) in [5.41, 5.74) is 2.01. The van der Waals surface area contributed by atoms with Crippen molar-refractivity contribution < 1.29 is 4.79 Å². The van der Waals surface area contributed by atoms with Crippen LogP contribution in [0.1, 0.15) is 58.6 Å². The Kier molecular flexibility index (Phi) is 5.04. The molecule has 1 amide bonds. The van der Waals surface area contributed by atoms with Crippen molar-refractivity contribution in [2.45, 2.75) is 53.0 Å². The summed E-state index contributed by atoms with van der Waals surface area (Å²) in [5.74, 6) is 0.214. The highest BCUT2D eigenvalue weighted by molar-refractivity contribution is 5.97. The largest absolute Gasteiger partial charge is 0.312 e. The number of para-hydroxylation sites is 1. The molecule has 21 heavy (non-hydrogen) atoms. The highest BCUT2D eigenvalue weighted by Gasteiger charge is 2.32. The number of rotatable bonds is 3. The SMILES string of the molecule is CCCNC1CCCN(C(=O)C(C)(C)C)c2ccccc21. The average Bonchev–Trinajstić information content (AvgIpc) is 2.63. The van der Waals surface area contributed by atoms with Crippen LogP contribution in [0.2, 0.25) is 0 Å². The first-order chi connectivity index (χ1) is 9.95. The highest BCUT2D eigenvalue weighted by Crippen LogP contribution is 2.35. The van der Waals surface area contributed by atoms with Crippen molar-refractivity contribution in [2.75, 3.05) is 18.0 Å². The molecule has 1 atom stereocenters. The van der Waals surface area contributed by atoms with Gasteiger partial charge in [0.15, 0.2) is 0 Å². The third-order valence-corrected chi connectivity index (χ3v) is 4.00. The molecule has 2 rings (SSSR count). The van der Waals surface area contributed by atoms with E-state index in [1.165, 1.54) is 5.56 Å². The van der Waals surface area contributed by atoms with E-state index in [1.54, 1.807) is 0 Å². The zero-order valence-electron chi connectivity index (χ0n) is 13.8. The van der Waals surface area contributed by atoms with Crippen molar-refractivity contribution >= 4 is 11.6 Å². The molecular weight excluding hydrogens is 260 g/mol. The van der Waals surface area contributed by atoms with Crippen molar-refractivity contribution in [2.24, 2.45) is 5.41 Å². The van der Waals surface area contributed by atoms with E-state index in [4.69, 9.17) is 0 Å². The molecule has 1 aromatic carbocycles. The van der Waals surface area contributed by atoms with E-state index in [0.29, 0.717) is 6.04 Å². The van der Waals surface area contributed by atoms with Gasteiger partial charge in [0.05, 0.1) is 0 Å². The van der Waals surface area contributed by atoms with Gasteiger partial charge in [-0.3, -0.25) is 4.79 Å². The zero-order valence-corrected chi connectivity index (χ0v) is 13.8. The van der Waals surface area contributed by atoms with Crippen LogP contribution in [0.3, 0.4) is 0 Å². The first kappa shape index (κ1) is 16.0. The van der Waals surface area contributed by atoms with Crippen LogP contribution in [0.4, 0.5) is 5.69 Å². The van der Waals surface area contributed by atoms with Crippen LogP contribution in [0, 0.1) is 5.41 Å². The molecule has 1 aliphatic rings. The lowest BCUT2D eigenvalue weighted by molar-refractivity contribution is -0.125. The van der Waals surface area contributed by atoms with Crippen molar-refractivity contribution in [3.63, 3.8) is 0 Å². The summed E-state index contributed by atoms with van der Waals surface area (Å²) in [6, 6.07) is 8.72. The van der Waals surface area contributed by atoms with Crippen LogP contribution in [0.5, 0.6) is 0 Å². The second-order valence-electron chi connectivity index (χ2n) is 6.91. The molecule has 3 heteroatoms. The number of benzene rings is 1. The Labute approximate surface area is 128 Å². The van der Waals surface area contributed by atoms with Crippen LogP contribution < -0.4 is 10.2 Å². The van der Waals surface area contributed by atoms with Gasteiger partial charge < -0.3 is 10.2 Å². The van der Waals surface area contributed by atoms with Gasteiger partial charge in [-0.25, -0.2) is 0 Å². The van der Waals surface area contributed by atoms with Gasteiger partial charge in [-0.2, -0.15) is 0 Å². The molecule has 0 bridgehead atoms. The molecule has 0 spiro atoms. The summed E-state index contributed by atoms with van der Waals surface area (Å²) in [6.45, 7) is 10.0. The fourth-order valence-corrected chi connectivity index (χ4v) is 2.90. The number of nitrogens with one attached hydrogen (secondary N) is 1. The number of carbonyl (C=O) groups excluding carboxylic acids is 1. The molecule has 0 saturated carbocycles. The van der Waals surface area contributed by atoms with Gasteiger partial charge in [-0.1, -0.05) is 45.9 Å². The van der Waals surface area contributed by atoms with Gasteiger partial charge in [0.25, 0.3) is 0 Å². The van der Waals surface area contributed by atoms with Crippen LogP contribution in [0.15, 0.2) is 24.3 Å². The van der Waals surface area contributed by atoms with E-state index in [-0.39, 0.29) is 11.3 Å². The number of anilines is 1. The number of carbonyl (C=O) groups is 1. The van der Waals surface area contributed by atoms with Gasteiger partial charge in [0.2, 0.25) is 5.91 Å². The van der Waals surface area contributed by atoms with Crippen molar-refractivity contribution in [1.82, 2.24) is 5.32 Å². The minimum atomic E-state index is -0.343. The summed E-state index contributed by atoms with van der Waals surface area (Å²) >= 11 is 0. The summed E-state index contributed by atoms with van der Waals surface area (Å²) in [6.07, 6.45) is 3.26. The smallest absolute Gasteiger partial charge is 0.232 e. The van der Waals surface area contributed by atoms with Crippen molar-refractivity contribution in [1.29, 1.82) is 0 Å². The number of amides is 1. The Morgan fingerprint density at radius 1 is 1.33 bits per heavy atom. The lowest BCUT2D eigenvalue weighted by atomic mass is 9.94. The van der Waals surface area contributed by atoms with Crippen LogP contribution in [-0.2, 0) is 4.79 Å². The first-order valence-electron chi connectivity index (χ1n) is 8.09. The minimum absolute atomic E-state index is 0.214. The maximum absolute atomic E-state index is 12.8. The van der Waals surface area contributed by atoms with E-state index in [0.717, 1.165) is 38.0 Å². The Morgan fingerprint density at radius 3 is 2.71 bits per heavy atom. The lowest BCUT2D eigenvalue weighted by Gasteiger charge is -2.30. The van der Waals surface area contributed by atoms with E-state index in [1.807, 2.05) is 31.7 Å². The number of nitrogens with zero attached hydrogens (tertiary/aromatic N) is 1. The van der Waals surface area contributed by atoms with Crippen molar-refractivity contribution in [3.8, 4) is 0 Å². The Balaban J connectivity index is 2.35. The minimum Gasteiger partial charge on any atom is -0.312 e. The van der Waals surface area contributed by atoms with Gasteiger partial charge >= 0.3 is 0 Å². The number of hydrogen-bond acceptors (Lipinski definition) is 2. The third-order valence-electron chi connectivity index (χ3n) is 4.00.